The molecule has 0 spiro atoms. The van der Waals surface area contributed by atoms with Crippen molar-refractivity contribution in [2.75, 3.05) is 0 Å². The van der Waals surface area contributed by atoms with Crippen molar-refractivity contribution in [1.29, 1.82) is 0 Å². The number of nitrogens with zero attached hydrogens (tertiary/aromatic N) is 1. The molecule has 1 saturated carbocycles. The third kappa shape index (κ3) is 3.38. The van der Waals surface area contributed by atoms with Crippen LogP contribution >= 0.6 is 35.6 Å². The zero-order valence-electron chi connectivity index (χ0n) is 10.2. The van der Waals surface area contributed by atoms with Crippen LogP contribution in [0.1, 0.15) is 30.3 Å². The fourth-order valence-electron chi connectivity index (χ4n) is 1.92. The minimum Gasteiger partial charge on any atom is -0.346 e. The lowest BCUT2D eigenvalue weighted by molar-refractivity contribution is 0.925. The molecule has 1 aliphatic rings. The Morgan fingerprint density at radius 2 is 2.16 bits per heavy atom. The maximum Gasteiger partial charge on any atom is 0.130 e. The largest absolute Gasteiger partial charge is 0.346 e. The van der Waals surface area contributed by atoms with Crippen molar-refractivity contribution in [3.05, 3.63) is 51.5 Å². The van der Waals surface area contributed by atoms with Crippen LogP contribution in [0.5, 0.6) is 0 Å². The lowest BCUT2D eigenvalue weighted by Crippen LogP contribution is -1.97. The van der Waals surface area contributed by atoms with Crippen LogP contribution in [0.3, 0.4) is 0 Å². The van der Waals surface area contributed by atoms with Crippen molar-refractivity contribution in [3.8, 4) is 0 Å². The molecule has 1 aromatic heterocycles. The Balaban J connectivity index is 1.76. The second kappa shape index (κ2) is 5.65. The van der Waals surface area contributed by atoms with Crippen LogP contribution in [0.25, 0.3) is 0 Å². The Morgan fingerprint density at radius 3 is 2.89 bits per heavy atom. The molecule has 19 heavy (non-hydrogen) atoms. The molecule has 1 fully saturated rings. The van der Waals surface area contributed by atoms with Crippen molar-refractivity contribution < 1.29 is 0 Å². The monoisotopic (exact) mass is 308 g/mol. The van der Waals surface area contributed by atoms with E-state index >= 15 is 0 Å². The van der Waals surface area contributed by atoms with Crippen LogP contribution in [0.2, 0.25) is 5.02 Å². The van der Waals surface area contributed by atoms with Crippen LogP contribution in [-0.2, 0) is 5.75 Å². The van der Waals surface area contributed by atoms with Crippen molar-refractivity contribution in [3.63, 3.8) is 0 Å². The van der Waals surface area contributed by atoms with E-state index in [1.54, 1.807) is 11.8 Å². The molecule has 0 atom stereocenters. The molecule has 0 radical (unpaired) electrons. The fraction of sp³-hybridized carbons (Fsp3) is 0.286. The van der Waals surface area contributed by atoms with Crippen LogP contribution in [0.15, 0.2) is 35.2 Å². The number of nitrogens with one attached hydrogen (secondary N) is 1. The van der Waals surface area contributed by atoms with Gasteiger partial charge in [-0.2, -0.15) is 0 Å². The summed E-state index contributed by atoms with van der Waals surface area (Å²) >= 11 is 13.0. The van der Waals surface area contributed by atoms with Crippen molar-refractivity contribution in [1.82, 2.24) is 9.97 Å². The van der Waals surface area contributed by atoms with E-state index in [2.05, 4.69) is 9.97 Å². The van der Waals surface area contributed by atoms with E-state index in [9.17, 15) is 0 Å². The van der Waals surface area contributed by atoms with Gasteiger partial charge < -0.3 is 4.98 Å². The van der Waals surface area contributed by atoms with Crippen molar-refractivity contribution in [2.24, 2.45) is 0 Å². The highest BCUT2D eigenvalue weighted by molar-refractivity contribution is 7.98. The summed E-state index contributed by atoms with van der Waals surface area (Å²) in [6, 6.07) is 9.83. The Bertz CT molecular complexity index is 650. The molecule has 1 aliphatic carbocycles. The number of benzene rings is 1. The van der Waals surface area contributed by atoms with E-state index in [0.717, 1.165) is 21.5 Å². The zero-order chi connectivity index (χ0) is 13.2. The quantitative estimate of drug-likeness (QED) is 0.639. The number of halogens is 1. The lowest BCUT2D eigenvalue weighted by atomic mass is 10.3. The summed E-state index contributed by atoms with van der Waals surface area (Å²) in [4.78, 5) is 8.85. The van der Waals surface area contributed by atoms with Gasteiger partial charge in [0.15, 0.2) is 0 Å². The highest BCUT2D eigenvalue weighted by Crippen LogP contribution is 2.39. The molecule has 0 unspecified atom stereocenters. The second-order valence-electron chi connectivity index (χ2n) is 4.61. The molecule has 98 valence electrons. The van der Waals surface area contributed by atoms with E-state index in [0.29, 0.717) is 10.6 Å². The summed E-state index contributed by atoms with van der Waals surface area (Å²) in [6.45, 7) is 0. The summed E-state index contributed by atoms with van der Waals surface area (Å²) in [7, 11) is 0. The SMILES string of the molecule is S=c1cc(C2CC2)[nH]c(CSc2ccccc2Cl)n1. The highest BCUT2D eigenvalue weighted by Gasteiger charge is 2.24. The molecule has 0 aliphatic heterocycles. The number of hydrogen-bond donors (Lipinski definition) is 1. The van der Waals surface area contributed by atoms with E-state index in [-0.39, 0.29) is 0 Å². The Morgan fingerprint density at radius 1 is 1.37 bits per heavy atom. The van der Waals surface area contributed by atoms with E-state index in [1.807, 2.05) is 30.3 Å². The van der Waals surface area contributed by atoms with Crippen LogP contribution in [-0.4, -0.2) is 9.97 Å². The lowest BCUT2D eigenvalue weighted by Gasteiger charge is -2.06. The Labute approximate surface area is 126 Å². The van der Waals surface area contributed by atoms with E-state index < -0.39 is 0 Å². The molecule has 5 heteroatoms. The first-order valence-electron chi connectivity index (χ1n) is 6.20. The van der Waals surface area contributed by atoms with Gasteiger partial charge in [0.1, 0.15) is 10.5 Å². The molecular weight excluding hydrogens is 296 g/mol. The van der Waals surface area contributed by atoms with E-state index in [4.69, 9.17) is 23.8 Å². The summed E-state index contributed by atoms with van der Waals surface area (Å²) in [5.74, 6) is 2.35. The maximum atomic E-state index is 6.14. The molecule has 1 N–H and O–H groups in total. The summed E-state index contributed by atoms with van der Waals surface area (Å²) < 4.78 is 0.676. The molecule has 0 saturated heterocycles. The van der Waals surface area contributed by atoms with Gasteiger partial charge in [0.25, 0.3) is 0 Å². The first-order valence-corrected chi connectivity index (χ1v) is 7.97. The minimum absolute atomic E-state index is 0.661. The molecular formula is C14H13ClN2S2. The predicted octanol–water partition coefficient (Wildman–Crippen LogP) is 4.96. The Kier molecular flexibility index (Phi) is 3.91. The average molecular weight is 309 g/mol. The number of aromatic amines is 1. The maximum absolute atomic E-state index is 6.14. The molecule has 0 amide bonds. The van der Waals surface area contributed by atoms with Gasteiger partial charge in [-0.3, -0.25) is 0 Å². The fourth-order valence-corrected chi connectivity index (χ4v) is 3.27. The van der Waals surface area contributed by atoms with Gasteiger partial charge in [-0.15, -0.1) is 11.8 Å². The van der Waals surface area contributed by atoms with Crippen molar-refractivity contribution in [2.45, 2.75) is 29.4 Å². The van der Waals surface area contributed by atoms with Crippen LogP contribution in [0, 0.1) is 4.64 Å². The van der Waals surface area contributed by atoms with Crippen LogP contribution in [0.4, 0.5) is 0 Å². The molecule has 0 bridgehead atoms. The van der Waals surface area contributed by atoms with Gasteiger partial charge in [-0.05, 0) is 37.0 Å². The summed E-state index contributed by atoms with van der Waals surface area (Å²) in [5.41, 5.74) is 1.23. The summed E-state index contributed by atoms with van der Waals surface area (Å²) in [5, 5.41) is 0.782. The number of hydrogen-bond acceptors (Lipinski definition) is 3. The van der Waals surface area contributed by atoms with Crippen LogP contribution < -0.4 is 0 Å². The third-order valence-corrected chi connectivity index (χ3v) is 4.77. The molecule has 2 nitrogen and oxygen atoms in total. The highest BCUT2D eigenvalue weighted by atomic mass is 35.5. The third-order valence-electron chi connectivity index (χ3n) is 3.03. The zero-order valence-corrected chi connectivity index (χ0v) is 12.6. The van der Waals surface area contributed by atoms with Gasteiger partial charge in [-0.25, -0.2) is 4.98 Å². The molecule has 1 heterocycles. The van der Waals surface area contributed by atoms with Crippen molar-refractivity contribution >= 4 is 35.6 Å². The Hall–Kier alpha value is -0.840. The number of rotatable bonds is 4. The molecule has 2 aromatic rings. The molecule has 1 aromatic carbocycles. The van der Waals surface area contributed by atoms with Gasteiger partial charge in [-0.1, -0.05) is 36.0 Å². The second-order valence-corrected chi connectivity index (χ2v) is 6.46. The van der Waals surface area contributed by atoms with Gasteiger partial charge >= 0.3 is 0 Å². The molecule has 3 rings (SSSR count). The summed E-state index contributed by atoms with van der Waals surface area (Å²) in [6.07, 6.45) is 2.51. The van der Waals surface area contributed by atoms with E-state index in [1.165, 1.54) is 18.5 Å². The predicted molar refractivity (Wildman–Crippen MR) is 82.4 cm³/mol. The average Bonchev–Trinajstić information content (AvgIpc) is 3.21. The first kappa shape index (κ1) is 13.2. The van der Waals surface area contributed by atoms with Gasteiger partial charge in [0.05, 0.1) is 10.8 Å². The normalized spacial score (nSPS) is 14.6. The standard InChI is InChI=1S/C14H13ClN2S2/c15-10-3-1-2-4-12(10)19-8-13-16-11(9-5-6-9)7-14(18)17-13/h1-4,7,9H,5-6,8H2,(H,16,17,18). The first-order chi connectivity index (χ1) is 9.22. The minimum atomic E-state index is 0.661. The number of aromatic nitrogens is 2. The topological polar surface area (TPSA) is 28.7 Å². The number of H-pyrrole nitrogens is 1. The van der Waals surface area contributed by atoms with Gasteiger partial charge in [0, 0.05) is 10.6 Å². The van der Waals surface area contributed by atoms with Gasteiger partial charge in [0.2, 0.25) is 0 Å². The smallest absolute Gasteiger partial charge is 0.130 e. The number of thioether (sulfide) groups is 1.